The van der Waals surface area contributed by atoms with Crippen molar-refractivity contribution in [1.29, 1.82) is 0 Å². The summed E-state index contributed by atoms with van der Waals surface area (Å²) in [4.78, 5) is 0. The molecule has 19 heavy (non-hydrogen) atoms. The van der Waals surface area contributed by atoms with Gasteiger partial charge in [0, 0.05) is 12.6 Å². The number of fused-ring (bicyclic) bond motifs is 1. The zero-order valence-electron chi connectivity index (χ0n) is 11.1. The number of methoxy groups -OCH3 is 1. The molecule has 0 saturated carbocycles. The molecule has 104 valence electrons. The standard InChI is InChI=1S/C14H19NO3S/c1-16-12-6-10(7-13-14(12)18-9-17-13)8-15-11-2-4-19-5-3-11/h6-7,11,15H,2-5,8-9H2,1H3. The van der Waals surface area contributed by atoms with E-state index in [9.17, 15) is 0 Å². The summed E-state index contributed by atoms with van der Waals surface area (Å²) in [5, 5.41) is 3.62. The van der Waals surface area contributed by atoms with Gasteiger partial charge >= 0.3 is 0 Å². The van der Waals surface area contributed by atoms with Gasteiger partial charge in [-0.3, -0.25) is 0 Å². The largest absolute Gasteiger partial charge is 0.493 e. The Morgan fingerprint density at radius 1 is 1.32 bits per heavy atom. The topological polar surface area (TPSA) is 39.7 Å². The number of thioether (sulfide) groups is 1. The highest BCUT2D eigenvalue weighted by molar-refractivity contribution is 7.99. The predicted octanol–water partition coefficient (Wildman–Crippen LogP) is 2.41. The molecule has 0 aliphatic carbocycles. The van der Waals surface area contributed by atoms with Gasteiger partial charge in [0.1, 0.15) is 0 Å². The first kappa shape index (κ1) is 12.9. The van der Waals surface area contributed by atoms with Gasteiger partial charge in [0.2, 0.25) is 12.5 Å². The van der Waals surface area contributed by atoms with Gasteiger partial charge in [-0.1, -0.05) is 0 Å². The summed E-state index contributed by atoms with van der Waals surface area (Å²) in [5.41, 5.74) is 1.18. The first-order valence-electron chi connectivity index (χ1n) is 6.64. The molecular weight excluding hydrogens is 262 g/mol. The Labute approximate surface area is 117 Å². The fourth-order valence-electron chi connectivity index (χ4n) is 2.45. The number of rotatable bonds is 4. The van der Waals surface area contributed by atoms with Crippen molar-refractivity contribution in [3.05, 3.63) is 17.7 Å². The highest BCUT2D eigenvalue weighted by Gasteiger charge is 2.20. The van der Waals surface area contributed by atoms with E-state index in [1.54, 1.807) is 7.11 Å². The lowest BCUT2D eigenvalue weighted by Gasteiger charge is -2.22. The van der Waals surface area contributed by atoms with Crippen molar-refractivity contribution in [2.75, 3.05) is 25.4 Å². The quantitative estimate of drug-likeness (QED) is 0.917. The monoisotopic (exact) mass is 281 g/mol. The van der Waals surface area contributed by atoms with E-state index in [1.807, 2.05) is 23.9 Å². The summed E-state index contributed by atoms with van der Waals surface area (Å²) in [6.07, 6.45) is 2.51. The lowest BCUT2D eigenvalue weighted by molar-refractivity contribution is 0.171. The van der Waals surface area contributed by atoms with E-state index in [1.165, 1.54) is 29.9 Å². The number of benzene rings is 1. The Morgan fingerprint density at radius 3 is 2.95 bits per heavy atom. The molecule has 2 aliphatic heterocycles. The second-order valence-electron chi connectivity index (χ2n) is 4.80. The average Bonchev–Trinajstić information content (AvgIpc) is 2.93. The van der Waals surface area contributed by atoms with Crippen LogP contribution in [0.15, 0.2) is 12.1 Å². The molecule has 5 heteroatoms. The number of hydrogen-bond donors (Lipinski definition) is 1. The van der Waals surface area contributed by atoms with Gasteiger partial charge in [0.15, 0.2) is 11.5 Å². The van der Waals surface area contributed by atoms with Gasteiger partial charge < -0.3 is 19.5 Å². The fourth-order valence-corrected chi connectivity index (χ4v) is 3.56. The summed E-state index contributed by atoms with van der Waals surface area (Å²) < 4.78 is 16.2. The molecule has 4 nitrogen and oxygen atoms in total. The van der Waals surface area contributed by atoms with E-state index in [0.717, 1.165) is 23.8 Å². The maximum atomic E-state index is 5.44. The van der Waals surface area contributed by atoms with Crippen molar-refractivity contribution >= 4 is 11.8 Å². The van der Waals surface area contributed by atoms with E-state index in [4.69, 9.17) is 14.2 Å². The van der Waals surface area contributed by atoms with Crippen LogP contribution >= 0.6 is 11.8 Å². The van der Waals surface area contributed by atoms with Gasteiger partial charge in [-0.25, -0.2) is 0 Å². The highest BCUT2D eigenvalue weighted by atomic mass is 32.2. The third-order valence-corrected chi connectivity index (χ3v) is 4.58. The molecule has 3 rings (SSSR count). The van der Waals surface area contributed by atoms with Crippen LogP contribution in [0, 0.1) is 0 Å². The highest BCUT2D eigenvalue weighted by Crippen LogP contribution is 2.41. The summed E-state index contributed by atoms with van der Waals surface area (Å²) in [7, 11) is 1.66. The van der Waals surface area contributed by atoms with Crippen molar-refractivity contribution < 1.29 is 14.2 Å². The summed E-state index contributed by atoms with van der Waals surface area (Å²) >= 11 is 2.05. The normalized spacial score (nSPS) is 18.6. The summed E-state index contributed by atoms with van der Waals surface area (Å²) in [5.74, 6) is 4.80. The Morgan fingerprint density at radius 2 is 2.16 bits per heavy atom. The lowest BCUT2D eigenvalue weighted by atomic mass is 10.1. The summed E-state index contributed by atoms with van der Waals surface area (Å²) in [6, 6.07) is 4.70. The van der Waals surface area contributed by atoms with E-state index in [0.29, 0.717) is 6.04 Å². The minimum absolute atomic E-state index is 0.280. The molecule has 0 bridgehead atoms. The van der Waals surface area contributed by atoms with Crippen LogP contribution in [0.3, 0.4) is 0 Å². The molecule has 1 aromatic rings. The fraction of sp³-hybridized carbons (Fsp3) is 0.571. The maximum Gasteiger partial charge on any atom is 0.231 e. The molecule has 0 unspecified atom stereocenters. The SMILES string of the molecule is COc1cc(CNC2CCSCC2)cc2c1OCO2. The van der Waals surface area contributed by atoms with Gasteiger partial charge in [-0.15, -0.1) is 0 Å². The van der Waals surface area contributed by atoms with Crippen LogP contribution in [0.25, 0.3) is 0 Å². The molecule has 2 aliphatic rings. The van der Waals surface area contributed by atoms with Crippen molar-refractivity contribution in [2.24, 2.45) is 0 Å². The lowest BCUT2D eigenvalue weighted by Crippen LogP contribution is -2.32. The molecule has 1 aromatic carbocycles. The van der Waals surface area contributed by atoms with Gasteiger partial charge in [0.05, 0.1) is 7.11 Å². The zero-order chi connectivity index (χ0) is 13.1. The minimum Gasteiger partial charge on any atom is -0.493 e. The Bertz CT molecular complexity index is 447. The third kappa shape index (κ3) is 2.92. The Hall–Kier alpha value is -1.07. The first-order valence-corrected chi connectivity index (χ1v) is 7.80. The first-order chi connectivity index (χ1) is 9.36. The van der Waals surface area contributed by atoms with Crippen molar-refractivity contribution in [3.8, 4) is 17.2 Å². The second-order valence-corrected chi connectivity index (χ2v) is 6.02. The molecule has 1 saturated heterocycles. The van der Waals surface area contributed by atoms with Crippen molar-refractivity contribution in [1.82, 2.24) is 5.32 Å². The molecule has 1 fully saturated rings. The van der Waals surface area contributed by atoms with Crippen LogP contribution in [0.2, 0.25) is 0 Å². The van der Waals surface area contributed by atoms with Crippen molar-refractivity contribution in [2.45, 2.75) is 25.4 Å². The van der Waals surface area contributed by atoms with E-state index in [-0.39, 0.29) is 6.79 Å². The Balaban J connectivity index is 1.67. The molecule has 0 amide bonds. The number of ether oxygens (including phenoxy) is 3. The van der Waals surface area contributed by atoms with Gasteiger partial charge in [-0.2, -0.15) is 11.8 Å². The number of nitrogens with one attached hydrogen (secondary N) is 1. The summed E-state index contributed by atoms with van der Waals surface area (Å²) in [6.45, 7) is 1.13. The van der Waals surface area contributed by atoms with E-state index >= 15 is 0 Å². The average molecular weight is 281 g/mol. The van der Waals surface area contributed by atoms with Crippen LogP contribution in [-0.4, -0.2) is 31.5 Å². The van der Waals surface area contributed by atoms with Crippen LogP contribution < -0.4 is 19.5 Å². The van der Waals surface area contributed by atoms with Crippen LogP contribution in [0.5, 0.6) is 17.2 Å². The molecule has 0 aromatic heterocycles. The molecule has 0 spiro atoms. The Kier molecular flexibility index (Phi) is 4.03. The minimum atomic E-state index is 0.280. The van der Waals surface area contributed by atoms with Gasteiger partial charge in [-0.05, 0) is 42.0 Å². The molecule has 1 N–H and O–H groups in total. The molecular formula is C14H19NO3S. The third-order valence-electron chi connectivity index (χ3n) is 3.53. The predicted molar refractivity (Wildman–Crippen MR) is 76.3 cm³/mol. The molecule has 0 radical (unpaired) electrons. The van der Waals surface area contributed by atoms with Crippen LogP contribution in [0.4, 0.5) is 0 Å². The van der Waals surface area contributed by atoms with Gasteiger partial charge in [0.25, 0.3) is 0 Å². The second kappa shape index (κ2) is 5.92. The maximum absolute atomic E-state index is 5.44. The van der Waals surface area contributed by atoms with E-state index < -0.39 is 0 Å². The van der Waals surface area contributed by atoms with Crippen LogP contribution in [-0.2, 0) is 6.54 Å². The van der Waals surface area contributed by atoms with Crippen LogP contribution in [0.1, 0.15) is 18.4 Å². The number of hydrogen-bond acceptors (Lipinski definition) is 5. The smallest absolute Gasteiger partial charge is 0.231 e. The molecule has 0 atom stereocenters. The van der Waals surface area contributed by atoms with Crippen molar-refractivity contribution in [3.63, 3.8) is 0 Å². The molecule has 2 heterocycles. The zero-order valence-corrected chi connectivity index (χ0v) is 11.9. The van der Waals surface area contributed by atoms with E-state index in [2.05, 4.69) is 5.32 Å².